The molecule has 27 heavy (non-hydrogen) atoms. The average Bonchev–Trinajstić information content (AvgIpc) is 2.65. The van der Waals surface area contributed by atoms with E-state index in [2.05, 4.69) is 0 Å². The van der Waals surface area contributed by atoms with Crippen molar-refractivity contribution in [3.05, 3.63) is 63.2 Å². The van der Waals surface area contributed by atoms with Gasteiger partial charge in [-0.2, -0.15) is 13.2 Å². The highest BCUT2D eigenvalue weighted by Gasteiger charge is 2.33. The van der Waals surface area contributed by atoms with E-state index in [1.54, 1.807) is 0 Å². The van der Waals surface area contributed by atoms with Crippen LogP contribution in [0, 0.1) is 10.1 Å². The zero-order valence-corrected chi connectivity index (χ0v) is 14.2. The van der Waals surface area contributed by atoms with Gasteiger partial charge in [0.1, 0.15) is 0 Å². The van der Waals surface area contributed by atoms with E-state index < -0.39 is 22.6 Å². The van der Waals surface area contributed by atoms with Gasteiger partial charge in [-0.1, -0.05) is 0 Å². The third-order valence-electron chi connectivity index (χ3n) is 4.39. The lowest BCUT2D eigenvalue weighted by Gasteiger charge is -2.30. The van der Waals surface area contributed by atoms with Gasteiger partial charge < -0.3 is 9.64 Å². The summed E-state index contributed by atoms with van der Waals surface area (Å²) in [7, 11) is 1.28. The number of fused-ring (bicyclic) bond motifs is 1. The van der Waals surface area contributed by atoms with E-state index in [9.17, 15) is 28.1 Å². The van der Waals surface area contributed by atoms with Crippen molar-refractivity contribution in [2.75, 3.05) is 18.6 Å². The Hall–Kier alpha value is -3.10. The molecule has 2 aromatic carbocycles. The lowest BCUT2D eigenvalue weighted by Crippen LogP contribution is -2.35. The number of carbonyl (C=O) groups excluding carboxylic acids is 1. The zero-order valence-electron chi connectivity index (χ0n) is 14.2. The molecule has 0 unspecified atom stereocenters. The Kier molecular flexibility index (Phi) is 4.77. The van der Waals surface area contributed by atoms with Crippen LogP contribution in [0.4, 0.5) is 24.5 Å². The number of halogens is 3. The van der Waals surface area contributed by atoms with Crippen molar-refractivity contribution in [1.82, 2.24) is 0 Å². The van der Waals surface area contributed by atoms with Gasteiger partial charge in [0.05, 0.1) is 17.6 Å². The third kappa shape index (κ3) is 3.57. The lowest BCUT2D eigenvalue weighted by atomic mass is 9.98. The summed E-state index contributed by atoms with van der Waals surface area (Å²) in [6.07, 6.45) is -3.54. The molecule has 1 aliphatic heterocycles. The van der Waals surface area contributed by atoms with Crippen LogP contribution < -0.4 is 9.64 Å². The van der Waals surface area contributed by atoms with Gasteiger partial charge in [0.15, 0.2) is 5.75 Å². The number of carbonyl (C=O) groups is 1. The summed E-state index contributed by atoms with van der Waals surface area (Å²) in [5.41, 5.74) is -0.246. The Morgan fingerprint density at radius 1 is 1.22 bits per heavy atom. The maximum Gasteiger partial charge on any atom is 0.416 e. The van der Waals surface area contributed by atoms with Crippen LogP contribution in [0.2, 0.25) is 0 Å². The van der Waals surface area contributed by atoms with Crippen LogP contribution in [0.25, 0.3) is 0 Å². The second-order valence-electron chi connectivity index (χ2n) is 6.05. The van der Waals surface area contributed by atoms with Crippen molar-refractivity contribution in [2.45, 2.75) is 19.0 Å². The Balaban J connectivity index is 1.98. The number of hydrogen-bond donors (Lipinski definition) is 0. The van der Waals surface area contributed by atoms with Crippen LogP contribution in [0.5, 0.6) is 5.75 Å². The molecular weight excluding hydrogens is 365 g/mol. The number of nitro groups is 1. The second kappa shape index (κ2) is 6.90. The monoisotopic (exact) mass is 380 g/mol. The average molecular weight is 380 g/mol. The fraction of sp³-hybridized carbons (Fsp3) is 0.278. The molecule has 1 heterocycles. The minimum absolute atomic E-state index is 0.0189. The van der Waals surface area contributed by atoms with E-state index >= 15 is 0 Å². The fourth-order valence-corrected chi connectivity index (χ4v) is 3.11. The van der Waals surface area contributed by atoms with Crippen molar-refractivity contribution in [2.24, 2.45) is 0 Å². The molecule has 0 saturated heterocycles. The van der Waals surface area contributed by atoms with Gasteiger partial charge in [-0.15, -0.1) is 0 Å². The standard InChI is InChI=1S/C18H15F3N2O4/c1-27-16-7-4-12(10-15(16)23(25)26)17(24)22-8-2-3-11-9-13(18(19,20)21)5-6-14(11)22/h4-7,9-10H,2-3,8H2,1H3. The molecular formula is C18H15F3N2O4. The van der Waals surface area contributed by atoms with Crippen molar-refractivity contribution in [3.63, 3.8) is 0 Å². The minimum Gasteiger partial charge on any atom is -0.490 e. The first kappa shape index (κ1) is 18.7. The Morgan fingerprint density at radius 3 is 2.59 bits per heavy atom. The first-order valence-corrected chi connectivity index (χ1v) is 8.07. The van der Waals surface area contributed by atoms with Gasteiger partial charge in [-0.3, -0.25) is 14.9 Å². The van der Waals surface area contributed by atoms with E-state index in [1.807, 2.05) is 0 Å². The Labute approximate surface area is 152 Å². The van der Waals surface area contributed by atoms with Crippen LogP contribution in [0.3, 0.4) is 0 Å². The van der Waals surface area contributed by atoms with E-state index in [0.717, 1.165) is 18.2 Å². The summed E-state index contributed by atoms with van der Waals surface area (Å²) < 4.78 is 43.7. The van der Waals surface area contributed by atoms with Gasteiger partial charge in [0, 0.05) is 23.9 Å². The van der Waals surface area contributed by atoms with Gasteiger partial charge >= 0.3 is 11.9 Å². The maximum atomic E-state index is 12.9. The predicted molar refractivity (Wildman–Crippen MR) is 91.1 cm³/mol. The summed E-state index contributed by atoms with van der Waals surface area (Å²) in [5, 5.41) is 11.2. The highest BCUT2D eigenvalue weighted by molar-refractivity contribution is 6.07. The van der Waals surface area contributed by atoms with Crippen molar-refractivity contribution < 1.29 is 27.6 Å². The van der Waals surface area contributed by atoms with Crippen LogP contribution in [0.1, 0.15) is 27.9 Å². The molecule has 0 saturated carbocycles. The molecule has 0 bridgehead atoms. The van der Waals surface area contributed by atoms with Crippen LogP contribution in [0.15, 0.2) is 36.4 Å². The number of aryl methyl sites for hydroxylation is 1. The number of amides is 1. The van der Waals surface area contributed by atoms with Crippen LogP contribution in [-0.4, -0.2) is 24.5 Å². The summed E-state index contributed by atoms with van der Waals surface area (Å²) in [5.74, 6) is -0.494. The molecule has 0 spiro atoms. The molecule has 0 N–H and O–H groups in total. The van der Waals surface area contributed by atoms with E-state index in [4.69, 9.17) is 4.74 Å². The maximum absolute atomic E-state index is 12.9. The highest BCUT2D eigenvalue weighted by Crippen LogP contribution is 2.36. The summed E-state index contributed by atoms with van der Waals surface area (Å²) in [6, 6.07) is 7.08. The molecule has 0 fully saturated rings. The highest BCUT2D eigenvalue weighted by atomic mass is 19.4. The second-order valence-corrected chi connectivity index (χ2v) is 6.05. The Bertz CT molecular complexity index is 912. The molecule has 0 aliphatic carbocycles. The van der Waals surface area contributed by atoms with Crippen molar-refractivity contribution >= 4 is 17.3 Å². The summed E-state index contributed by atoms with van der Waals surface area (Å²) in [6.45, 7) is 0.316. The SMILES string of the molecule is COc1ccc(C(=O)N2CCCc3cc(C(F)(F)F)ccc32)cc1[N+](=O)[O-]. The molecule has 0 aromatic heterocycles. The summed E-state index contributed by atoms with van der Waals surface area (Å²) in [4.78, 5) is 24.7. The molecule has 0 atom stereocenters. The number of hydrogen-bond acceptors (Lipinski definition) is 4. The number of anilines is 1. The molecule has 6 nitrogen and oxygen atoms in total. The van der Waals surface area contributed by atoms with E-state index in [0.29, 0.717) is 30.6 Å². The minimum atomic E-state index is -4.46. The molecule has 3 rings (SSSR count). The molecule has 2 aromatic rings. The topological polar surface area (TPSA) is 72.7 Å². The lowest BCUT2D eigenvalue weighted by molar-refractivity contribution is -0.385. The first-order chi connectivity index (χ1) is 12.7. The smallest absolute Gasteiger partial charge is 0.416 e. The quantitative estimate of drug-likeness (QED) is 0.591. The fourth-order valence-electron chi connectivity index (χ4n) is 3.11. The molecule has 1 amide bonds. The normalized spacial score (nSPS) is 13.9. The summed E-state index contributed by atoms with van der Waals surface area (Å²) >= 11 is 0. The number of methoxy groups -OCH3 is 1. The first-order valence-electron chi connectivity index (χ1n) is 8.07. The zero-order chi connectivity index (χ0) is 19.8. The molecule has 142 valence electrons. The predicted octanol–water partition coefficient (Wildman–Crippen LogP) is 4.22. The van der Waals surface area contributed by atoms with E-state index in [1.165, 1.54) is 30.2 Å². The van der Waals surface area contributed by atoms with Crippen molar-refractivity contribution in [1.29, 1.82) is 0 Å². The van der Waals surface area contributed by atoms with E-state index in [-0.39, 0.29) is 17.0 Å². The number of nitro benzene ring substituents is 1. The van der Waals surface area contributed by atoms with Crippen LogP contribution in [-0.2, 0) is 12.6 Å². The van der Waals surface area contributed by atoms with Gasteiger partial charge in [0.2, 0.25) is 0 Å². The number of benzene rings is 2. The van der Waals surface area contributed by atoms with Gasteiger partial charge in [-0.05, 0) is 48.7 Å². The van der Waals surface area contributed by atoms with Crippen LogP contribution >= 0.6 is 0 Å². The Morgan fingerprint density at radius 2 is 1.96 bits per heavy atom. The molecule has 0 radical (unpaired) electrons. The molecule has 9 heteroatoms. The van der Waals surface area contributed by atoms with Gasteiger partial charge in [-0.25, -0.2) is 0 Å². The molecule has 1 aliphatic rings. The van der Waals surface area contributed by atoms with Crippen molar-refractivity contribution in [3.8, 4) is 5.75 Å². The number of alkyl halides is 3. The number of rotatable bonds is 3. The third-order valence-corrected chi connectivity index (χ3v) is 4.39. The number of ether oxygens (including phenoxy) is 1. The largest absolute Gasteiger partial charge is 0.490 e. The number of nitrogens with zero attached hydrogens (tertiary/aromatic N) is 2. The van der Waals surface area contributed by atoms with Gasteiger partial charge in [0.25, 0.3) is 5.91 Å².